The Morgan fingerprint density at radius 1 is 1.53 bits per heavy atom. The topological polar surface area (TPSA) is 72.2 Å². The van der Waals surface area contributed by atoms with Crippen molar-refractivity contribution in [3.8, 4) is 0 Å². The lowest BCUT2D eigenvalue weighted by Crippen LogP contribution is -2.01. The maximum Gasteiger partial charge on any atom is 0.288 e. The van der Waals surface area contributed by atoms with Crippen LogP contribution in [0, 0.1) is 17.0 Å². The van der Waals surface area contributed by atoms with Gasteiger partial charge in [-0.25, -0.2) is 0 Å². The van der Waals surface area contributed by atoms with E-state index in [1.165, 1.54) is 0 Å². The fourth-order valence-electron chi connectivity index (χ4n) is 1.14. The number of nitrogens with zero attached hydrogens (tertiary/aromatic N) is 1. The number of amides is 1. The van der Waals surface area contributed by atoms with E-state index in [4.69, 9.17) is 0 Å². The largest absolute Gasteiger partial charge is 0.327 e. The predicted octanol–water partition coefficient (Wildman–Crippen LogP) is 3.00. The van der Waals surface area contributed by atoms with Crippen LogP contribution < -0.4 is 5.32 Å². The van der Waals surface area contributed by atoms with Crippen molar-refractivity contribution in [2.24, 2.45) is 0 Å². The Bertz CT molecular complexity index is 434. The van der Waals surface area contributed by atoms with Crippen LogP contribution in [0.15, 0.2) is 15.0 Å². The van der Waals surface area contributed by atoms with Crippen molar-refractivity contribution in [3.05, 3.63) is 30.7 Å². The van der Waals surface area contributed by atoms with Gasteiger partial charge in [-0.05, 0) is 44.8 Å². The number of hydrogen-bond acceptors (Lipinski definition) is 3. The van der Waals surface area contributed by atoms with E-state index < -0.39 is 4.92 Å². The third-order valence-corrected chi connectivity index (χ3v) is 3.17. The van der Waals surface area contributed by atoms with Crippen molar-refractivity contribution in [2.45, 2.75) is 6.92 Å². The fraction of sp³-hybridized carbons (Fsp3) is 0.125. The number of aryl methyl sites for hydroxylation is 1. The van der Waals surface area contributed by atoms with Crippen LogP contribution >= 0.6 is 31.9 Å². The van der Waals surface area contributed by atoms with Crippen LogP contribution in [0.3, 0.4) is 0 Å². The highest BCUT2D eigenvalue weighted by Crippen LogP contribution is 2.40. The van der Waals surface area contributed by atoms with Crippen LogP contribution in [0.4, 0.5) is 11.4 Å². The summed E-state index contributed by atoms with van der Waals surface area (Å²) in [7, 11) is 0. The number of carbonyl (C=O) groups excluding carboxylic acids is 1. The molecule has 0 bridgehead atoms. The van der Waals surface area contributed by atoms with Gasteiger partial charge in [0.2, 0.25) is 6.41 Å². The summed E-state index contributed by atoms with van der Waals surface area (Å²) in [5.41, 5.74) is 0.806. The molecule has 80 valence electrons. The van der Waals surface area contributed by atoms with Crippen LogP contribution in [0.2, 0.25) is 0 Å². The number of rotatable bonds is 3. The second-order valence-electron chi connectivity index (χ2n) is 2.73. The van der Waals surface area contributed by atoms with Gasteiger partial charge in [-0.2, -0.15) is 0 Å². The fourth-order valence-corrected chi connectivity index (χ4v) is 2.85. The Labute approximate surface area is 102 Å². The van der Waals surface area contributed by atoms with Crippen molar-refractivity contribution in [1.29, 1.82) is 0 Å². The summed E-state index contributed by atoms with van der Waals surface area (Å²) < 4.78 is 0.844. The number of carbonyl (C=O) groups is 1. The third-order valence-electron chi connectivity index (χ3n) is 1.77. The lowest BCUT2D eigenvalue weighted by atomic mass is 10.2. The van der Waals surface area contributed by atoms with Gasteiger partial charge in [0.25, 0.3) is 5.69 Å². The standard InChI is InChI=1S/C8H6Br2N2O3/c1-4-2-5(9)7(11-3-13)6(10)8(4)12(14)15/h2-3H,1H3,(H,11,13). The van der Waals surface area contributed by atoms with Gasteiger partial charge in [-0.1, -0.05) is 0 Å². The zero-order valence-corrected chi connectivity index (χ0v) is 10.8. The number of nitro benzene ring substituents is 1. The molecule has 7 heteroatoms. The van der Waals surface area contributed by atoms with Gasteiger partial charge in [0.05, 0.1) is 10.6 Å². The van der Waals surface area contributed by atoms with E-state index in [1.54, 1.807) is 13.0 Å². The summed E-state index contributed by atoms with van der Waals surface area (Å²) in [4.78, 5) is 20.6. The Kier molecular flexibility index (Phi) is 3.81. The maximum atomic E-state index is 10.8. The molecule has 0 spiro atoms. The van der Waals surface area contributed by atoms with Crippen molar-refractivity contribution in [3.63, 3.8) is 0 Å². The molecule has 1 aromatic carbocycles. The number of benzene rings is 1. The molecular formula is C8H6Br2N2O3. The second-order valence-corrected chi connectivity index (χ2v) is 4.38. The normalized spacial score (nSPS) is 9.80. The van der Waals surface area contributed by atoms with Gasteiger partial charge in [-0.15, -0.1) is 0 Å². The molecule has 0 saturated heterocycles. The minimum atomic E-state index is -0.498. The van der Waals surface area contributed by atoms with E-state index in [-0.39, 0.29) is 10.2 Å². The Morgan fingerprint density at radius 2 is 2.13 bits per heavy atom. The molecule has 0 aliphatic heterocycles. The Balaban J connectivity index is 3.48. The summed E-state index contributed by atoms with van der Waals surface area (Å²) in [6.07, 6.45) is 0.462. The summed E-state index contributed by atoms with van der Waals surface area (Å²) >= 11 is 6.30. The van der Waals surface area contributed by atoms with Gasteiger partial charge in [0.15, 0.2) is 0 Å². The highest BCUT2D eigenvalue weighted by atomic mass is 79.9. The van der Waals surface area contributed by atoms with Crippen molar-refractivity contribution >= 4 is 49.6 Å². The van der Waals surface area contributed by atoms with Crippen LogP contribution in [-0.4, -0.2) is 11.3 Å². The van der Waals surface area contributed by atoms with E-state index in [0.29, 0.717) is 22.1 Å². The lowest BCUT2D eigenvalue weighted by Gasteiger charge is -2.08. The molecule has 0 aromatic heterocycles. The first-order valence-corrected chi connectivity index (χ1v) is 5.40. The Morgan fingerprint density at radius 3 is 2.60 bits per heavy atom. The summed E-state index contributed by atoms with van der Waals surface area (Å²) in [5, 5.41) is 13.1. The first kappa shape index (κ1) is 12.1. The van der Waals surface area contributed by atoms with Crippen LogP contribution in [-0.2, 0) is 4.79 Å². The third kappa shape index (κ3) is 2.35. The molecule has 0 saturated carbocycles. The van der Waals surface area contributed by atoms with Gasteiger partial charge >= 0.3 is 0 Å². The minimum absolute atomic E-state index is 0.0532. The molecule has 0 radical (unpaired) electrons. The second kappa shape index (κ2) is 4.71. The number of hydrogen-bond donors (Lipinski definition) is 1. The summed E-state index contributed by atoms with van der Waals surface area (Å²) in [6, 6.07) is 1.58. The van der Waals surface area contributed by atoms with E-state index in [0.717, 1.165) is 0 Å². The van der Waals surface area contributed by atoms with Gasteiger partial charge in [-0.3, -0.25) is 14.9 Å². The lowest BCUT2D eigenvalue weighted by molar-refractivity contribution is -0.386. The molecule has 1 N–H and O–H groups in total. The summed E-state index contributed by atoms with van der Waals surface area (Å²) in [6.45, 7) is 1.62. The number of nitrogens with one attached hydrogen (secondary N) is 1. The monoisotopic (exact) mass is 336 g/mol. The van der Waals surface area contributed by atoms with E-state index >= 15 is 0 Å². The minimum Gasteiger partial charge on any atom is -0.327 e. The average Bonchev–Trinajstić information content (AvgIpc) is 2.11. The van der Waals surface area contributed by atoms with Gasteiger partial charge in [0, 0.05) is 10.0 Å². The van der Waals surface area contributed by atoms with Crippen molar-refractivity contribution < 1.29 is 9.72 Å². The first-order valence-electron chi connectivity index (χ1n) is 3.82. The average molecular weight is 338 g/mol. The molecule has 15 heavy (non-hydrogen) atoms. The number of nitro groups is 1. The quantitative estimate of drug-likeness (QED) is 0.523. The van der Waals surface area contributed by atoms with Crippen molar-refractivity contribution in [2.75, 3.05) is 5.32 Å². The van der Waals surface area contributed by atoms with Crippen molar-refractivity contribution in [1.82, 2.24) is 0 Å². The van der Waals surface area contributed by atoms with Gasteiger partial charge in [0.1, 0.15) is 4.47 Å². The van der Waals surface area contributed by atoms with Gasteiger partial charge < -0.3 is 5.32 Å². The molecule has 0 unspecified atom stereocenters. The zero-order valence-electron chi connectivity index (χ0n) is 7.58. The highest BCUT2D eigenvalue weighted by Gasteiger charge is 2.21. The molecule has 0 atom stereocenters. The molecule has 5 nitrogen and oxygen atoms in total. The zero-order chi connectivity index (χ0) is 11.6. The van der Waals surface area contributed by atoms with Crippen LogP contribution in [0.1, 0.15) is 5.56 Å². The molecule has 0 fully saturated rings. The molecule has 0 aliphatic rings. The van der Waals surface area contributed by atoms with E-state index in [9.17, 15) is 14.9 Å². The molecule has 1 rings (SSSR count). The molecular weight excluding hydrogens is 332 g/mol. The number of halogens is 2. The van der Waals surface area contributed by atoms with E-state index in [2.05, 4.69) is 37.2 Å². The molecule has 0 aliphatic carbocycles. The van der Waals surface area contributed by atoms with E-state index in [1.807, 2.05) is 0 Å². The predicted molar refractivity (Wildman–Crippen MR) is 62.9 cm³/mol. The first-order chi connectivity index (χ1) is 6.99. The van der Waals surface area contributed by atoms with Crippen LogP contribution in [0.5, 0.6) is 0 Å². The van der Waals surface area contributed by atoms with Crippen LogP contribution in [0.25, 0.3) is 0 Å². The smallest absolute Gasteiger partial charge is 0.288 e. The Hall–Kier alpha value is -0.950. The number of anilines is 1. The SMILES string of the molecule is Cc1cc(Br)c(NC=O)c(Br)c1[N+](=O)[O-]. The maximum absolute atomic E-state index is 10.8. The molecule has 1 aromatic rings. The molecule has 1 amide bonds. The highest BCUT2D eigenvalue weighted by molar-refractivity contribution is 9.11. The summed E-state index contributed by atoms with van der Waals surface area (Å²) in [5.74, 6) is 0. The molecule has 0 heterocycles.